The van der Waals surface area contributed by atoms with Crippen LogP contribution in [-0.4, -0.2) is 24.8 Å². The number of amides is 1. The van der Waals surface area contributed by atoms with Gasteiger partial charge in [0, 0.05) is 18.5 Å². The Bertz CT molecular complexity index is 511. The second-order valence-corrected chi connectivity index (χ2v) is 6.53. The smallest absolute Gasteiger partial charge is 0.407 e. The standard InChI is InChI=1S/C16H25FN2O2/c1-11-12(7-6-8-13(11)17)16(5,9-18)10-19-14(20)21-15(2,3)4/h6-8H,9-10,18H2,1-5H3,(H,19,20). The van der Waals surface area contributed by atoms with E-state index in [1.165, 1.54) is 6.07 Å². The Labute approximate surface area is 125 Å². The van der Waals surface area contributed by atoms with Gasteiger partial charge < -0.3 is 15.8 Å². The van der Waals surface area contributed by atoms with E-state index in [1.54, 1.807) is 33.8 Å². The van der Waals surface area contributed by atoms with Crippen LogP contribution in [0.25, 0.3) is 0 Å². The van der Waals surface area contributed by atoms with Crippen LogP contribution in [0.5, 0.6) is 0 Å². The number of rotatable bonds is 4. The third-order valence-electron chi connectivity index (χ3n) is 3.39. The fraction of sp³-hybridized carbons (Fsp3) is 0.562. The van der Waals surface area contributed by atoms with Crippen LogP contribution in [0.15, 0.2) is 18.2 Å². The van der Waals surface area contributed by atoms with Crippen LogP contribution in [0.4, 0.5) is 9.18 Å². The van der Waals surface area contributed by atoms with E-state index in [0.29, 0.717) is 5.56 Å². The minimum Gasteiger partial charge on any atom is -0.444 e. The summed E-state index contributed by atoms with van der Waals surface area (Å²) in [6.45, 7) is 9.57. The molecule has 118 valence electrons. The van der Waals surface area contributed by atoms with Gasteiger partial charge in [-0.05, 0) is 44.9 Å². The highest BCUT2D eigenvalue weighted by Crippen LogP contribution is 2.26. The Morgan fingerprint density at radius 3 is 2.48 bits per heavy atom. The van der Waals surface area contributed by atoms with E-state index in [-0.39, 0.29) is 18.9 Å². The lowest BCUT2D eigenvalue weighted by Gasteiger charge is -2.31. The molecule has 3 N–H and O–H groups in total. The van der Waals surface area contributed by atoms with Crippen LogP contribution in [-0.2, 0) is 10.2 Å². The molecule has 0 bridgehead atoms. The fourth-order valence-corrected chi connectivity index (χ4v) is 2.12. The Hall–Kier alpha value is -1.62. The minimum atomic E-state index is -0.558. The molecule has 0 fully saturated rings. The third-order valence-corrected chi connectivity index (χ3v) is 3.39. The molecule has 0 aromatic heterocycles. The molecule has 4 nitrogen and oxygen atoms in total. The SMILES string of the molecule is Cc1c(F)cccc1C(C)(CN)CNC(=O)OC(C)(C)C. The second-order valence-electron chi connectivity index (χ2n) is 6.53. The van der Waals surface area contributed by atoms with Crippen LogP contribution in [0, 0.1) is 12.7 Å². The Morgan fingerprint density at radius 1 is 1.33 bits per heavy atom. The summed E-state index contributed by atoms with van der Waals surface area (Å²) >= 11 is 0. The van der Waals surface area contributed by atoms with Crippen LogP contribution in [0.1, 0.15) is 38.8 Å². The molecule has 21 heavy (non-hydrogen) atoms. The van der Waals surface area contributed by atoms with Crippen molar-refractivity contribution in [3.8, 4) is 0 Å². The van der Waals surface area contributed by atoms with Crippen molar-refractivity contribution in [2.75, 3.05) is 13.1 Å². The largest absolute Gasteiger partial charge is 0.444 e. The highest BCUT2D eigenvalue weighted by molar-refractivity contribution is 5.67. The highest BCUT2D eigenvalue weighted by atomic mass is 19.1. The zero-order valence-electron chi connectivity index (χ0n) is 13.4. The molecule has 0 saturated carbocycles. The van der Waals surface area contributed by atoms with Crippen molar-refractivity contribution < 1.29 is 13.9 Å². The summed E-state index contributed by atoms with van der Waals surface area (Å²) in [5, 5.41) is 2.71. The predicted molar refractivity (Wildman–Crippen MR) is 81.8 cm³/mol. The molecular formula is C16H25FN2O2. The van der Waals surface area contributed by atoms with Gasteiger partial charge in [0.05, 0.1) is 0 Å². The summed E-state index contributed by atoms with van der Waals surface area (Å²) in [6, 6.07) is 4.90. The van der Waals surface area contributed by atoms with Gasteiger partial charge in [0.2, 0.25) is 0 Å². The van der Waals surface area contributed by atoms with Crippen molar-refractivity contribution in [1.82, 2.24) is 5.32 Å². The van der Waals surface area contributed by atoms with Gasteiger partial charge in [0.25, 0.3) is 0 Å². The molecule has 0 saturated heterocycles. The molecule has 0 aliphatic heterocycles. The maximum Gasteiger partial charge on any atom is 0.407 e. The van der Waals surface area contributed by atoms with Crippen molar-refractivity contribution >= 4 is 6.09 Å². The molecule has 0 spiro atoms. The van der Waals surface area contributed by atoms with Crippen molar-refractivity contribution in [2.45, 2.75) is 45.6 Å². The highest BCUT2D eigenvalue weighted by Gasteiger charge is 2.29. The number of benzene rings is 1. The van der Waals surface area contributed by atoms with E-state index in [9.17, 15) is 9.18 Å². The van der Waals surface area contributed by atoms with Gasteiger partial charge >= 0.3 is 6.09 Å². The molecule has 1 unspecified atom stereocenters. The maximum atomic E-state index is 13.7. The molecule has 5 heteroatoms. The first kappa shape index (κ1) is 17.4. The normalized spacial score (nSPS) is 14.4. The van der Waals surface area contributed by atoms with Crippen LogP contribution in [0.2, 0.25) is 0 Å². The Morgan fingerprint density at radius 2 is 1.95 bits per heavy atom. The number of nitrogens with one attached hydrogen (secondary N) is 1. The van der Waals surface area contributed by atoms with Gasteiger partial charge in [-0.25, -0.2) is 9.18 Å². The molecule has 0 aliphatic rings. The summed E-state index contributed by atoms with van der Waals surface area (Å²) in [6.07, 6.45) is -0.503. The Kier molecular flexibility index (Phi) is 5.34. The lowest BCUT2D eigenvalue weighted by atomic mass is 9.80. The first-order valence-electron chi connectivity index (χ1n) is 7.01. The summed E-state index contributed by atoms with van der Waals surface area (Å²) in [5.41, 5.74) is 6.09. The molecule has 0 heterocycles. The van der Waals surface area contributed by atoms with E-state index in [0.717, 1.165) is 5.56 Å². The summed E-state index contributed by atoms with van der Waals surface area (Å²) < 4.78 is 18.9. The van der Waals surface area contributed by atoms with Crippen LogP contribution >= 0.6 is 0 Å². The number of ether oxygens (including phenoxy) is 1. The number of halogens is 1. The van der Waals surface area contributed by atoms with Crippen molar-refractivity contribution in [1.29, 1.82) is 0 Å². The van der Waals surface area contributed by atoms with Crippen molar-refractivity contribution in [3.05, 3.63) is 35.1 Å². The third kappa shape index (κ3) is 4.70. The molecule has 1 atom stereocenters. The van der Waals surface area contributed by atoms with Gasteiger partial charge in [0.15, 0.2) is 0 Å². The lowest BCUT2D eigenvalue weighted by Crippen LogP contribution is -2.45. The minimum absolute atomic E-state index is 0.274. The molecule has 1 amide bonds. The summed E-state index contributed by atoms with van der Waals surface area (Å²) in [7, 11) is 0. The molecule has 1 rings (SSSR count). The first-order chi connectivity index (χ1) is 9.59. The first-order valence-corrected chi connectivity index (χ1v) is 7.01. The average molecular weight is 296 g/mol. The molecule has 1 aromatic carbocycles. The molecule has 0 aliphatic carbocycles. The number of hydrogen-bond acceptors (Lipinski definition) is 3. The molecule has 1 aromatic rings. The monoisotopic (exact) mass is 296 g/mol. The van der Waals surface area contributed by atoms with Crippen molar-refractivity contribution in [2.24, 2.45) is 5.73 Å². The number of carbonyl (C=O) groups excluding carboxylic acids is 1. The molecular weight excluding hydrogens is 271 g/mol. The summed E-state index contributed by atoms with van der Waals surface area (Å²) in [4.78, 5) is 11.8. The number of alkyl carbamates (subject to hydrolysis) is 1. The van der Waals surface area contributed by atoms with E-state index in [2.05, 4.69) is 5.32 Å². The average Bonchev–Trinajstić information content (AvgIpc) is 2.37. The predicted octanol–water partition coefficient (Wildman–Crippen LogP) is 2.88. The molecule has 0 radical (unpaired) electrons. The van der Waals surface area contributed by atoms with E-state index in [4.69, 9.17) is 10.5 Å². The van der Waals surface area contributed by atoms with Gasteiger partial charge in [-0.2, -0.15) is 0 Å². The van der Waals surface area contributed by atoms with Gasteiger partial charge in [-0.3, -0.25) is 0 Å². The zero-order valence-corrected chi connectivity index (χ0v) is 13.4. The van der Waals surface area contributed by atoms with E-state index < -0.39 is 17.1 Å². The van der Waals surface area contributed by atoms with Gasteiger partial charge in [0.1, 0.15) is 11.4 Å². The topological polar surface area (TPSA) is 64.3 Å². The second kappa shape index (κ2) is 6.43. The number of carbonyl (C=O) groups is 1. The summed E-state index contributed by atoms with van der Waals surface area (Å²) in [5.74, 6) is -0.274. The maximum absolute atomic E-state index is 13.7. The fourth-order valence-electron chi connectivity index (χ4n) is 2.12. The lowest BCUT2D eigenvalue weighted by molar-refractivity contribution is 0.0516. The zero-order chi connectivity index (χ0) is 16.3. The van der Waals surface area contributed by atoms with E-state index in [1.807, 2.05) is 13.0 Å². The van der Waals surface area contributed by atoms with Crippen LogP contribution in [0.3, 0.4) is 0 Å². The van der Waals surface area contributed by atoms with Crippen molar-refractivity contribution in [3.63, 3.8) is 0 Å². The van der Waals surface area contributed by atoms with E-state index >= 15 is 0 Å². The quantitative estimate of drug-likeness (QED) is 0.898. The number of nitrogens with two attached hydrogens (primary N) is 1. The van der Waals surface area contributed by atoms with Gasteiger partial charge in [-0.1, -0.05) is 19.1 Å². The Balaban J connectivity index is 2.86. The van der Waals surface area contributed by atoms with Crippen LogP contribution < -0.4 is 11.1 Å². The number of hydrogen-bond donors (Lipinski definition) is 2. The van der Waals surface area contributed by atoms with Gasteiger partial charge in [-0.15, -0.1) is 0 Å².